The van der Waals surface area contributed by atoms with Crippen molar-refractivity contribution >= 4 is 46.1 Å². The van der Waals surface area contributed by atoms with Crippen LogP contribution in [0.3, 0.4) is 0 Å². The number of nitrogens with one attached hydrogen (secondary N) is 3. The maximum absolute atomic E-state index is 14.1. The fourth-order valence-electron chi connectivity index (χ4n) is 5.64. The lowest BCUT2D eigenvalue weighted by atomic mass is 9.98. The number of hydrogen-bond donors (Lipinski definition) is 3. The van der Waals surface area contributed by atoms with Gasteiger partial charge in [0, 0.05) is 62.9 Å². The molecule has 1 fully saturated rings. The normalized spacial score (nSPS) is 15.9. The molecule has 3 aromatic carbocycles. The zero-order chi connectivity index (χ0) is 32.9. The molecule has 0 atom stereocenters. The van der Waals surface area contributed by atoms with E-state index in [1.54, 1.807) is 42.4 Å². The maximum atomic E-state index is 14.1. The molecule has 2 aliphatic heterocycles. The van der Waals surface area contributed by atoms with Crippen LogP contribution in [0.25, 0.3) is 11.3 Å². The summed E-state index contributed by atoms with van der Waals surface area (Å²) in [5.74, 6) is -1.11. The number of benzene rings is 3. The third kappa shape index (κ3) is 7.37. The Balaban J connectivity index is 1.25. The average Bonchev–Trinajstić information content (AvgIpc) is 3.41. The van der Waals surface area contributed by atoms with Crippen LogP contribution < -0.4 is 20.9 Å². The van der Waals surface area contributed by atoms with E-state index in [0.29, 0.717) is 46.0 Å². The van der Waals surface area contributed by atoms with Gasteiger partial charge in [-0.3, -0.25) is 24.3 Å². The largest absolute Gasteiger partial charge is 0.354 e. The maximum Gasteiger partial charge on any atom is 0.270 e. The minimum Gasteiger partial charge on any atom is -0.354 e. The predicted octanol–water partition coefficient (Wildman–Crippen LogP) is 4.29. The Hall–Kier alpha value is -5.39. The molecule has 0 bridgehead atoms. The first-order valence-electron chi connectivity index (χ1n) is 15.4. The average molecular weight is 634 g/mol. The highest BCUT2D eigenvalue weighted by Gasteiger charge is 2.29. The van der Waals surface area contributed by atoms with Gasteiger partial charge in [-0.1, -0.05) is 24.3 Å². The minimum absolute atomic E-state index is 0.0106. The molecule has 0 aliphatic carbocycles. The summed E-state index contributed by atoms with van der Waals surface area (Å²) in [5, 5.41) is 9.08. The van der Waals surface area contributed by atoms with Gasteiger partial charge in [0.25, 0.3) is 11.8 Å². The molecule has 47 heavy (non-hydrogen) atoms. The molecule has 0 unspecified atom stereocenters. The molecular formula is C36H36FN7O3. The highest BCUT2D eigenvalue weighted by molar-refractivity contribution is 6.37. The van der Waals surface area contributed by atoms with E-state index in [9.17, 15) is 18.8 Å². The van der Waals surface area contributed by atoms with E-state index in [0.717, 1.165) is 37.4 Å². The second-order valence-corrected chi connectivity index (χ2v) is 11.7. The summed E-state index contributed by atoms with van der Waals surface area (Å²) in [6.07, 6.45) is 1.56. The van der Waals surface area contributed by atoms with Gasteiger partial charge in [-0.05, 0) is 78.8 Å². The summed E-state index contributed by atoms with van der Waals surface area (Å²) >= 11 is 0. The molecule has 240 valence electrons. The molecule has 11 heteroatoms. The third-order valence-electron chi connectivity index (χ3n) is 8.40. The topological polar surface area (TPSA) is 110 Å². The Bertz CT molecular complexity index is 1820. The zero-order valence-corrected chi connectivity index (χ0v) is 26.3. The first-order chi connectivity index (χ1) is 22.7. The summed E-state index contributed by atoms with van der Waals surface area (Å²) < 4.78 is 14.1. The molecular weight excluding hydrogens is 597 g/mol. The number of aromatic nitrogens is 1. The molecule has 4 aromatic rings. The lowest BCUT2D eigenvalue weighted by Gasteiger charge is -2.32. The van der Waals surface area contributed by atoms with E-state index in [1.165, 1.54) is 12.1 Å². The van der Waals surface area contributed by atoms with Gasteiger partial charge in [0.1, 0.15) is 11.5 Å². The number of carbonyl (C=O) groups is 3. The monoisotopic (exact) mass is 633 g/mol. The first-order valence-corrected chi connectivity index (χ1v) is 15.4. The molecule has 1 aromatic heterocycles. The number of pyridine rings is 1. The van der Waals surface area contributed by atoms with Gasteiger partial charge in [0.2, 0.25) is 5.91 Å². The van der Waals surface area contributed by atoms with Crippen LogP contribution in [0.4, 0.5) is 21.5 Å². The van der Waals surface area contributed by atoms with E-state index >= 15 is 0 Å². The van der Waals surface area contributed by atoms with Crippen LogP contribution in [-0.4, -0.2) is 79.3 Å². The summed E-state index contributed by atoms with van der Waals surface area (Å²) in [5.41, 5.74) is 5.08. The summed E-state index contributed by atoms with van der Waals surface area (Å²) in [7, 11) is 3.85. The SMILES string of the molecule is CN1CCN(CC(=O)N(C)c2ccc(NC(=C3C(=O)Nc4cc(F)ccc43)c3cccc(CNC(=O)c4ccccn4)c3)cc2)CC1. The van der Waals surface area contributed by atoms with Crippen molar-refractivity contribution in [3.63, 3.8) is 0 Å². The van der Waals surface area contributed by atoms with Crippen LogP contribution in [0.5, 0.6) is 0 Å². The Morgan fingerprint density at radius 1 is 0.957 bits per heavy atom. The van der Waals surface area contributed by atoms with Crippen molar-refractivity contribution in [3.05, 3.63) is 119 Å². The van der Waals surface area contributed by atoms with Crippen molar-refractivity contribution in [2.75, 3.05) is 62.4 Å². The Labute approximate surface area is 272 Å². The van der Waals surface area contributed by atoms with Gasteiger partial charge in [0.15, 0.2) is 0 Å². The summed E-state index contributed by atoms with van der Waals surface area (Å²) in [6, 6.07) is 24.2. The fourth-order valence-corrected chi connectivity index (χ4v) is 5.64. The van der Waals surface area contributed by atoms with Crippen LogP contribution in [0, 0.1) is 5.82 Å². The molecule has 0 radical (unpaired) electrons. The smallest absolute Gasteiger partial charge is 0.270 e. The van der Waals surface area contributed by atoms with Gasteiger partial charge in [0.05, 0.1) is 23.5 Å². The molecule has 0 spiro atoms. The van der Waals surface area contributed by atoms with Gasteiger partial charge < -0.3 is 25.8 Å². The predicted molar refractivity (Wildman–Crippen MR) is 181 cm³/mol. The molecule has 3 heterocycles. The van der Waals surface area contributed by atoms with E-state index in [1.807, 2.05) is 48.5 Å². The van der Waals surface area contributed by atoms with Crippen LogP contribution in [0.15, 0.2) is 91.1 Å². The van der Waals surface area contributed by atoms with Crippen LogP contribution in [-0.2, 0) is 16.1 Å². The van der Waals surface area contributed by atoms with Gasteiger partial charge in [-0.2, -0.15) is 0 Å². The highest BCUT2D eigenvalue weighted by atomic mass is 19.1. The van der Waals surface area contributed by atoms with Crippen LogP contribution in [0.1, 0.15) is 27.2 Å². The molecule has 0 saturated carbocycles. The van der Waals surface area contributed by atoms with Gasteiger partial charge in [-0.25, -0.2) is 4.39 Å². The second-order valence-electron chi connectivity index (χ2n) is 11.7. The number of nitrogens with zero attached hydrogens (tertiary/aromatic N) is 4. The van der Waals surface area contributed by atoms with Crippen molar-refractivity contribution in [2.24, 2.45) is 0 Å². The van der Waals surface area contributed by atoms with E-state index in [2.05, 4.69) is 37.8 Å². The summed E-state index contributed by atoms with van der Waals surface area (Å²) in [4.78, 5) is 49.2. The Morgan fingerprint density at radius 2 is 1.74 bits per heavy atom. The number of carbonyl (C=O) groups excluding carboxylic acids is 3. The van der Waals surface area contributed by atoms with E-state index in [4.69, 9.17) is 0 Å². The van der Waals surface area contributed by atoms with Crippen molar-refractivity contribution in [1.82, 2.24) is 20.1 Å². The van der Waals surface area contributed by atoms with Crippen LogP contribution in [0.2, 0.25) is 0 Å². The lowest BCUT2D eigenvalue weighted by Crippen LogP contribution is -2.48. The standard InChI is InChI=1S/C36H36FN7O3/c1-42-16-18-44(19-17-42)23-32(45)43(2)28-12-10-27(11-13-28)40-34(33-29-14-9-26(37)21-31(29)41-36(33)47)25-7-5-6-24(20-25)22-39-35(46)30-8-3-4-15-38-30/h3-15,20-21,40H,16-19,22-23H2,1-2H3,(H,39,46)(H,41,47). The van der Waals surface area contributed by atoms with Crippen molar-refractivity contribution in [2.45, 2.75) is 6.54 Å². The number of halogens is 1. The number of hydrogen-bond acceptors (Lipinski definition) is 7. The lowest BCUT2D eigenvalue weighted by molar-refractivity contribution is -0.119. The molecule has 2 aliphatic rings. The van der Waals surface area contributed by atoms with Crippen molar-refractivity contribution in [1.29, 1.82) is 0 Å². The second kappa shape index (κ2) is 13.9. The molecule has 3 amide bonds. The Morgan fingerprint density at radius 3 is 2.49 bits per heavy atom. The highest BCUT2D eigenvalue weighted by Crippen LogP contribution is 2.38. The van der Waals surface area contributed by atoms with Gasteiger partial charge in [-0.15, -0.1) is 0 Å². The molecule has 10 nitrogen and oxygen atoms in total. The Kier molecular flexibility index (Phi) is 9.37. The number of likely N-dealkylation sites (N-methyl/N-ethyl adjacent to an activating group) is 2. The molecule has 3 N–H and O–H groups in total. The third-order valence-corrected chi connectivity index (χ3v) is 8.40. The van der Waals surface area contributed by atoms with Crippen molar-refractivity contribution < 1.29 is 18.8 Å². The fraction of sp³-hybridized carbons (Fsp3) is 0.222. The van der Waals surface area contributed by atoms with E-state index < -0.39 is 5.82 Å². The van der Waals surface area contributed by atoms with E-state index in [-0.39, 0.29) is 24.3 Å². The number of piperazine rings is 1. The quantitative estimate of drug-likeness (QED) is 0.236. The van der Waals surface area contributed by atoms with Gasteiger partial charge >= 0.3 is 0 Å². The van der Waals surface area contributed by atoms with Crippen molar-refractivity contribution in [3.8, 4) is 0 Å². The number of rotatable bonds is 9. The number of anilines is 3. The molecule has 6 rings (SSSR count). The summed E-state index contributed by atoms with van der Waals surface area (Å²) in [6.45, 7) is 4.19. The number of fused-ring (bicyclic) bond motifs is 1. The number of amides is 3. The molecule has 1 saturated heterocycles. The van der Waals surface area contributed by atoms with Crippen LogP contribution >= 0.6 is 0 Å². The minimum atomic E-state index is -0.452. The first kappa shape index (κ1) is 31.6. The zero-order valence-electron chi connectivity index (χ0n) is 26.3.